The van der Waals surface area contributed by atoms with E-state index >= 15 is 0 Å². The van der Waals surface area contributed by atoms with Crippen LogP contribution < -0.4 is 4.74 Å². The Balaban J connectivity index is 1.90. The molecule has 2 aliphatic rings. The molecule has 86 valence electrons. The molecule has 1 heterocycles. The van der Waals surface area contributed by atoms with Gasteiger partial charge in [-0.05, 0) is 41.9 Å². The van der Waals surface area contributed by atoms with E-state index in [0.29, 0.717) is 11.8 Å². The van der Waals surface area contributed by atoms with Crippen LogP contribution >= 0.6 is 0 Å². The number of aliphatic hydroxyl groups excluding tert-OH is 1. The number of ether oxygens (including phenoxy) is 1. The lowest BCUT2D eigenvalue weighted by Gasteiger charge is -2.18. The highest BCUT2D eigenvalue weighted by molar-refractivity contribution is 5.41. The van der Waals surface area contributed by atoms with Crippen LogP contribution in [0.3, 0.4) is 0 Å². The fourth-order valence-electron chi connectivity index (χ4n) is 3.05. The Morgan fingerprint density at radius 3 is 2.94 bits per heavy atom. The van der Waals surface area contributed by atoms with Gasteiger partial charge in [0.1, 0.15) is 5.75 Å². The van der Waals surface area contributed by atoms with Crippen molar-refractivity contribution in [3.63, 3.8) is 0 Å². The Morgan fingerprint density at radius 1 is 1.31 bits per heavy atom. The molecule has 0 saturated heterocycles. The van der Waals surface area contributed by atoms with Gasteiger partial charge in [-0.15, -0.1) is 0 Å². The summed E-state index contributed by atoms with van der Waals surface area (Å²) in [5, 5.41) is 9.80. The van der Waals surface area contributed by atoms with Crippen LogP contribution in [-0.2, 0) is 6.42 Å². The Morgan fingerprint density at radius 2 is 2.19 bits per heavy atom. The lowest BCUT2D eigenvalue weighted by Crippen LogP contribution is -2.14. The molecule has 0 bridgehead atoms. The lowest BCUT2D eigenvalue weighted by atomic mass is 9.88. The Labute approximate surface area is 96.2 Å². The zero-order chi connectivity index (χ0) is 11.1. The van der Waals surface area contributed by atoms with Crippen molar-refractivity contribution in [2.24, 2.45) is 5.92 Å². The van der Waals surface area contributed by atoms with Crippen LogP contribution in [0.2, 0.25) is 0 Å². The van der Waals surface area contributed by atoms with E-state index in [1.54, 1.807) is 0 Å². The van der Waals surface area contributed by atoms with Gasteiger partial charge in [0.25, 0.3) is 0 Å². The van der Waals surface area contributed by atoms with Gasteiger partial charge in [-0.2, -0.15) is 0 Å². The van der Waals surface area contributed by atoms with Gasteiger partial charge >= 0.3 is 0 Å². The Hall–Kier alpha value is -1.02. The summed E-state index contributed by atoms with van der Waals surface area (Å²) in [6.45, 7) is 2.98. The average molecular weight is 218 g/mol. The molecule has 0 radical (unpaired) electrons. The highest BCUT2D eigenvalue weighted by Crippen LogP contribution is 2.41. The molecule has 1 saturated carbocycles. The van der Waals surface area contributed by atoms with Crippen LogP contribution in [0.4, 0.5) is 0 Å². The second-order valence-corrected chi connectivity index (χ2v) is 5.08. The maximum absolute atomic E-state index is 9.80. The van der Waals surface area contributed by atoms with Gasteiger partial charge < -0.3 is 9.84 Å². The second-order valence-electron chi connectivity index (χ2n) is 5.08. The largest absolute Gasteiger partial charge is 0.493 e. The summed E-state index contributed by atoms with van der Waals surface area (Å²) in [5.74, 6) is 1.97. The molecule has 2 heteroatoms. The third kappa shape index (κ3) is 1.52. The van der Waals surface area contributed by atoms with Crippen molar-refractivity contribution in [1.82, 2.24) is 0 Å². The molecule has 2 nitrogen and oxygen atoms in total. The predicted molar refractivity (Wildman–Crippen MR) is 62.8 cm³/mol. The molecule has 1 N–H and O–H groups in total. The molecule has 1 fully saturated rings. The van der Waals surface area contributed by atoms with Crippen LogP contribution in [-0.4, -0.2) is 17.8 Å². The molecule has 0 amide bonds. The molecule has 3 atom stereocenters. The Kier molecular flexibility index (Phi) is 2.40. The van der Waals surface area contributed by atoms with Gasteiger partial charge in [-0.3, -0.25) is 0 Å². The standard InChI is InChI=1S/C14H18O2/c1-9-12(3-4-13(9)15)10-2-5-14-11(8-10)6-7-16-14/h2,5,8-9,12-13,15H,3-4,6-7H2,1H3. The van der Waals surface area contributed by atoms with Crippen molar-refractivity contribution in [2.75, 3.05) is 6.61 Å². The highest BCUT2D eigenvalue weighted by atomic mass is 16.5. The second kappa shape index (κ2) is 3.77. The fraction of sp³-hybridized carbons (Fsp3) is 0.571. The average Bonchev–Trinajstić information content (AvgIpc) is 2.86. The summed E-state index contributed by atoms with van der Waals surface area (Å²) in [6.07, 6.45) is 2.98. The molecule has 3 rings (SSSR count). The van der Waals surface area contributed by atoms with E-state index in [1.807, 2.05) is 0 Å². The van der Waals surface area contributed by atoms with Crippen LogP contribution in [0.15, 0.2) is 18.2 Å². The molecule has 1 aromatic carbocycles. The molecule has 3 unspecified atom stereocenters. The lowest BCUT2D eigenvalue weighted by molar-refractivity contribution is 0.136. The highest BCUT2D eigenvalue weighted by Gasteiger charge is 2.32. The van der Waals surface area contributed by atoms with Gasteiger partial charge in [0, 0.05) is 6.42 Å². The van der Waals surface area contributed by atoms with E-state index in [-0.39, 0.29) is 6.10 Å². The molecule has 0 spiro atoms. The number of fused-ring (bicyclic) bond motifs is 1. The van der Waals surface area contributed by atoms with E-state index in [2.05, 4.69) is 25.1 Å². The molecule has 1 aromatic rings. The van der Waals surface area contributed by atoms with Gasteiger partial charge in [-0.1, -0.05) is 19.1 Å². The third-order valence-corrected chi connectivity index (χ3v) is 4.16. The zero-order valence-corrected chi connectivity index (χ0v) is 9.65. The number of benzene rings is 1. The number of aliphatic hydroxyl groups is 1. The first-order valence-corrected chi connectivity index (χ1v) is 6.19. The third-order valence-electron chi connectivity index (χ3n) is 4.16. The quantitative estimate of drug-likeness (QED) is 0.784. The maximum Gasteiger partial charge on any atom is 0.122 e. The van der Waals surface area contributed by atoms with Crippen molar-refractivity contribution in [3.8, 4) is 5.75 Å². The van der Waals surface area contributed by atoms with Crippen molar-refractivity contribution in [2.45, 2.75) is 38.2 Å². The molecule has 16 heavy (non-hydrogen) atoms. The van der Waals surface area contributed by atoms with E-state index in [1.165, 1.54) is 11.1 Å². The summed E-state index contributed by atoms with van der Waals surface area (Å²) in [4.78, 5) is 0. The van der Waals surface area contributed by atoms with E-state index in [0.717, 1.165) is 31.6 Å². The Bertz CT molecular complexity index is 400. The van der Waals surface area contributed by atoms with Crippen molar-refractivity contribution in [3.05, 3.63) is 29.3 Å². The minimum atomic E-state index is -0.116. The summed E-state index contributed by atoms with van der Waals surface area (Å²) in [6, 6.07) is 6.54. The normalized spacial score (nSPS) is 32.5. The number of hydrogen-bond donors (Lipinski definition) is 1. The van der Waals surface area contributed by atoms with Crippen LogP contribution in [0.1, 0.15) is 36.8 Å². The molecule has 0 aromatic heterocycles. The summed E-state index contributed by atoms with van der Waals surface area (Å²) < 4.78 is 5.51. The van der Waals surface area contributed by atoms with Gasteiger partial charge in [0.2, 0.25) is 0 Å². The molecule has 1 aliphatic carbocycles. The van der Waals surface area contributed by atoms with E-state index in [4.69, 9.17) is 4.74 Å². The fourth-order valence-corrected chi connectivity index (χ4v) is 3.05. The van der Waals surface area contributed by atoms with Crippen molar-refractivity contribution in [1.29, 1.82) is 0 Å². The van der Waals surface area contributed by atoms with Crippen molar-refractivity contribution >= 4 is 0 Å². The topological polar surface area (TPSA) is 29.5 Å². The summed E-state index contributed by atoms with van der Waals surface area (Å²) >= 11 is 0. The van der Waals surface area contributed by atoms with E-state index in [9.17, 15) is 5.11 Å². The SMILES string of the molecule is CC1C(O)CCC1c1ccc2c(c1)CCO2. The summed E-state index contributed by atoms with van der Waals surface area (Å²) in [7, 11) is 0. The van der Waals surface area contributed by atoms with Crippen LogP contribution in [0, 0.1) is 5.92 Å². The number of hydrogen-bond acceptors (Lipinski definition) is 2. The predicted octanol–water partition coefficient (Wildman–Crippen LogP) is 2.50. The minimum Gasteiger partial charge on any atom is -0.493 e. The summed E-state index contributed by atoms with van der Waals surface area (Å²) in [5.41, 5.74) is 2.72. The van der Waals surface area contributed by atoms with Crippen LogP contribution in [0.5, 0.6) is 5.75 Å². The monoisotopic (exact) mass is 218 g/mol. The first kappa shape index (κ1) is 10.2. The maximum atomic E-state index is 9.80. The van der Waals surface area contributed by atoms with Crippen LogP contribution in [0.25, 0.3) is 0 Å². The smallest absolute Gasteiger partial charge is 0.122 e. The van der Waals surface area contributed by atoms with Gasteiger partial charge in [0.05, 0.1) is 12.7 Å². The first-order valence-electron chi connectivity index (χ1n) is 6.19. The van der Waals surface area contributed by atoms with Gasteiger partial charge in [-0.25, -0.2) is 0 Å². The zero-order valence-electron chi connectivity index (χ0n) is 9.65. The molecular formula is C14H18O2. The first-order chi connectivity index (χ1) is 7.75. The van der Waals surface area contributed by atoms with E-state index < -0.39 is 0 Å². The van der Waals surface area contributed by atoms with Crippen molar-refractivity contribution < 1.29 is 9.84 Å². The molecule has 1 aliphatic heterocycles. The van der Waals surface area contributed by atoms with Gasteiger partial charge in [0.15, 0.2) is 0 Å². The minimum absolute atomic E-state index is 0.116. The number of rotatable bonds is 1. The molecular weight excluding hydrogens is 200 g/mol.